The molecule has 2 fully saturated rings. The Morgan fingerprint density at radius 2 is 2.28 bits per heavy atom. The molecule has 1 saturated carbocycles. The number of H-pyrrole nitrogens is 1. The van der Waals surface area contributed by atoms with E-state index in [1.165, 1.54) is 11.1 Å². The molecule has 2 N–H and O–H groups in total. The predicted molar refractivity (Wildman–Crippen MR) is 61.9 cm³/mol. The van der Waals surface area contributed by atoms with Gasteiger partial charge in [0.05, 0.1) is 0 Å². The number of carbonyl (C=O) groups excluding carboxylic acids is 1. The molecule has 0 radical (unpaired) electrons. The standard InChI is InChI=1S/C12H15N3O3/c16-11(9-4-5-13-14-9)15-6-7-2-1-3-8(7)10(15)12(17)18/h4-5,7-8,10H,1-3,6H2,(H,13,14)(H,17,18). The fourth-order valence-corrected chi connectivity index (χ4v) is 3.36. The third-order valence-corrected chi connectivity index (χ3v) is 4.14. The maximum Gasteiger partial charge on any atom is 0.326 e. The highest BCUT2D eigenvalue weighted by Gasteiger charge is 2.49. The second-order valence-corrected chi connectivity index (χ2v) is 5.07. The first-order chi connectivity index (χ1) is 8.68. The number of carbonyl (C=O) groups is 2. The van der Waals surface area contributed by atoms with Crippen LogP contribution >= 0.6 is 0 Å². The van der Waals surface area contributed by atoms with Gasteiger partial charge in [-0.2, -0.15) is 5.10 Å². The number of nitrogens with zero attached hydrogens (tertiary/aromatic N) is 2. The Labute approximate surface area is 104 Å². The molecule has 1 aliphatic carbocycles. The summed E-state index contributed by atoms with van der Waals surface area (Å²) in [6.45, 7) is 0.555. The fourth-order valence-electron chi connectivity index (χ4n) is 3.36. The zero-order chi connectivity index (χ0) is 12.7. The largest absolute Gasteiger partial charge is 0.480 e. The van der Waals surface area contributed by atoms with Crippen molar-refractivity contribution >= 4 is 11.9 Å². The molecule has 0 bridgehead atoms. The number of amides is 1. The summed E-state index contributed by atoms with van der Waals surface area (Å²) in [7, 11) is 0. The van der Waals surface area contributed by atoms with Gasteiger partial charge >= 0.3 is 5.97 Å². The summed E-state index contributed by atoms with van der Waals surface area (Å²) >= 11 is 0. The summed E-state index contributed by atoms with van der Waals surface area (Å²) < 4.78 is 0. The van der Waals surface area contributed by atoms with E-state index in [1.54, 1.807) is 6.07 Å². The Kier molecular flexibility index (Phi) is 2.57. The van der Waals surface area contributed by atoms with Crippen molar-refractivity contribution in [1.29, 1.82) is 0 Å². The number of hydrogen-bond acceptors (Lipinski definition) is 3. The molecular weight excluding hydrogens is 234 g/mol. The summed E-state index contributed by atoms with van der Waals surface area (Å²) in [4.78, 5) is 25.1. The van der Waals surface area contributed by atoms with Crippen LogP contribution in [-0.4, -0.2) is 44.7 Å². The number of nitrogens with one attached hydrogen (secondary N) is 1. The molecule has 18 heavy (non-hydrogen) atoms. The molecule has 0 aromatic carbocycles. The van der Waals surface area contributed by atoms with Crippen molar-refractivity contribution in [2.45, 2.75) is 25.3 Å². The Balaban J connectivity index is 1.87. The maximum absolute atomic E-state index is 12.2. The van der Waals surface area contributed by atoms with Gasteiger partial charge < -0.3 is 10.0 Å². The van der Waals surface area contributed by atoms with Crippen molar-refractivity contribution < 1.29 is 14.7 Å². The number of aromatic nitrogens is 2. The van der Waals surface area contributed by atoms with Gasteiger partial charge in [-0.25, -0.2) is 4.79 Å². The molecule has 96 valence electrons. The topological polar surface area (TPSA) is 86.3 Å². The molecule has 3 atom stereocenters. The summed E-state index contributed by atoms with van der Waals surface area (Å²) in [6, 6.07) is 0.906. The summed E-state index contributed by atoms with van der Waals surface area (Å²) in [6.07, 6.45) is 4.51. The minimum atomic E-state index is -0.891. The highest BCUT2D eigenvalue weighted by Crippen LogP contribution is 2.42. The minimum Gasteiger partial charge on any atom is -0.480 e. The summed E-state index contributed by atoms with van der Waals surface area (Å²) in [5.74, 6) is -0.682. The van der Waals surface area contributed by atoms with Crippen molar-refractivity contribution in [3.8, 4) is 0 Å². The summed E-state index contributed by atoms with van der Waals surface area (Å²) in [5.41, 5.74) is 0.362. The highest BCUT2D eigenvalue weighted by molar-refractivity contribution is 5.95. The van der Waals surface area contributed by atoms with Gasteiger partial charge in [-0.05, 0) is 30.7 Å². The van der Waals surface area contributed by atoms with E-state index in [9.17, 15) is 14.7 Å². The Morgan fingerprint density at radius 1 is 1.44 bits per heavy atom. The molecule has 1 saturated heterocycles. The van der Waals surface area contributed by atoms with Gasteiger partial charge in [0, 0.05) is 12.7 Å². The number of rotatable bonds is 2. The monoisotopic (exact) mass is 249 g/mol. The van der Waals surface area contributed by atoms with Gasteiger partial charge in [0.2, 0.25) is 0 Å². The van der Waals surface area contributed by atoms with Crippen LogP contribution in [-0.2, 0) is 4.79 Å². The van der Waals surface area contributed by atoms with Gasteiger partial charge in [-0.1, -0.05) is 6.42 Å². The molecule has 2 heterocycles. The van der Waals surface area contributed by atoms with Crippen LogP contribution in [0.2, 0.25) is 0 Å². The third-order valence-electron chi connectivity index (χ3n) is 4.14. The van der Waals surface area contributed by atoms with E-state index < -0.39 is 12.0 Å². The summed E-state index contributed by atoms with van der Waals surface area (Å²) in [5, 5.41) is 15.7. The van der Waals surface area contributed by atoms with E-state index in [0.29, 0.717) is 18.2 Å². The molecule has 2 aliphatic rings. The highest BCUT2D eigenvalue weighted by atomic mass is 16.4. The second-order valence-electron chi connectivity index (χ2n) is 5.07. The zero-order valence-corrected chi connectivity index (χ0v) is 9.87. The lowest BCUT2D eigenvalue weighted by atomic mass is 9.94. The number of fused-ring (bicyclic) bond motifs is 1. The van der Waals surface area contributed by atoms with E-state index in [1.807, 2.05) is 0 Å². The minimum absolute atomic E-state index is 0.120. The van der Waals surface area contributed by atoms with Crippen LogP contribution in [0.25, 0.3) is 0 Å². The number of carboxylic acid groups (broad SMARTS) is 1. The fraction of sp³-hybridized carbons (Fsp3) is 0.583. The van der Waals surface area contributed by atoms with Gasteiger partial charge in [0.1, 0.15) is 11.7 Å². The van der Waals surface area contributed by atoms with E-state index in [-0.39, 0.29) is 11.8 Å². The van der Waals surface area contributed by atoms with Crippen LogP contribution in [0.1, 0.15) is 29.8 Å². The number of aromatic amines is 1. The first kappa shape index (κ1) is 11.3. The lowest BCUT2D eigenvalue weighted by Crippen LogP contribution is -2.43. The van der Waals surface area contributed by atoms with E-state index >= 15 is 0 Å². The lowest BCUT2D eigenvalue weighted by molar-refractivity contribution is -0.142. The first-order valence-corrected chi connectivity index (χ1v) is 6.21. The van der Waals surface area contributed by atoms with Crippen LogP contribution in [0.15, 0.2) is 12.3 Å². The number of aliphatic carboxylic acids is 1. The van der Waals surface area contributed by atoms with Crippen LogP contribution in [0, 0.1) is 11.8 Å². The number of carboxylic acids is 1. The molecule has 3 unspecified atom stereocenters. The van der Waals surface area contributed by atoms with Crippen LogP contribution < -0.4 is 0 Å². The average Bonchev–Trinajstić information content (AvgIpc) is 3.03. The molecule has 1 aromatic heterocycles. The molecule has 6 nitrogen and oxygen atoms in total. The second kappa shape index (κ2) is 4.12. The van der Waals surface area contributed by atoms with Crippen molar-refractivity contribution in [3.05, 3.63) is 18.0 Å². The molecule has 0 spiro atoms. The smallest absolute Gasteiger partial charge is 0.326 e. The average molecular weight is 249 g/mol. The maximum atomic E-state index is 12.2. The Hall–Kier alpha value is -1.85. The molecule has 6 heteroatoms. The number of hydrogen-bond donors (Lipinski definition) is 2. The third kappa shape index (κ3) is 1.60. The van der Waals surface area contributed by atoms with E-state index in [2.05, 4.69) is 10.2 Å². The SMILES string of the molecule is O=C(O)C1C2CCCC2CN1C(=O)c1ccn[nH]1. The van der Waals surface area contributed by atoms with Crippen molar-refractivity contribution in [1.82, 2.24) is 15.1 Å². The Morgan fingerprint density at radius 3 is 2.94 bits per heavy atom. The molecule has 1 aromatic rings. The van der Waals surface area contributed by atoms with Crippen molar-refractivity contribution in [2.75, 3.05) is 6.54 Å². The van der Waals surface area contributed by atoms with Crippen LogP contribution in [0.4, 0.5) is 0 Å². The Bertz CT molecular complexity index is 471. The molecular formula is C12H15N3O3. The van der Waals surface area contributed by atoms with E-state index in [4.69, 9.17) is 0 Å². The molecule has 1 amide bonds. The molecule has 1 aliphatic heterocycles. The van der Waals surface area contributed by atoms with Crippen molar-refractivity contribution in [3.63, 3.8) is 0 Å². The van der Waals surface area contributed by atoms with Gasteiger partial charge in [-0.3, -0.25) is 9.89 Å². The zero-order valence-electron chi connectivity index (χ0n) is 9.87. The van der Waals surface area contributed by atoms with Gasteiger partial charge in [0.15, 0.2) is 0 Å². The lowest BCUT2D eigenvalue weighted by Gasteiger charge is -2.23. The number of likely N-dealkylation sites (tertiary alicyclic amines) is 1. The first-order valence-electron chi connectivity index (χ1n) is 6.21. The quantitative estimate of drug-likeness (QED) is 0.809. The van der Waals surface area contributed by atoms with Crippen LogP contribution in [0.5, 0.6) is 0 Å². The van der Waals surface area contributed by atoms with Crippen molar-refractivity contribution in [2.24, 2.45) is 11.8 Å². The molecule has 3 rings (SSSR count). The van der Waals surface area contributed by atoms with E-state index in [0.717, 1.165) is 19.3 Å². The predicted octanol–water partition coefficient (Wildman–Crippen LogP) is 0.735. The van der Waals surface area contributed by atoms with Gasteiger partial charge in [0.25, 0.3) is 5.91 Å². The van der Waals surface area contributed by atoms with Crippen LogP contribution in [0.3, 0.4) is 0 Å². The normalized spacial score (nSPS) is 30.4. The van der Waals surface area contributed by atoms with Gasteiger partial charge in [-0.15, -0.1) is 0 Å².